The topological polar surface area (TPSA) is 74.0 Å². The number of nitro groups is 1. The van der Waals surface area contributed by atoms with E-state index in [2.05, 4.69) is 9.89 Å². The van der Waals surface area contributed by atoms with E-state index in [0.29, 0.717) is 11.1 Å². The summed E-state index contributed by atoms with van der Waals surface area (Å²) in [5.74, 6) is -0.0251. The van der Waals surface area contributed by atoms with Gasteiger partial charge in [0.25, 0.3) is 5.69 Å². The zero-order valence-electron chi connectivity index (χ0n) is 12.6. The highest BCUT2D eigenvalue weighted by Crippen LogP contribution is 2.22. The third kappa shape index (κ3) is 4.73. The first-order valence-corrected chi connectivity index (χ1v) is 6.94. The maximum atomic E-state index is 12.3. The van der Waals surface area contributed by atoms with Crippen LogP contribution in [0, 0.1) is 10.1 Å². The van der Waals surface area contributed by atoms with E-state index in [1.165, 1.54) is 24.4 Å². The number of ether oxygens (including phenoxy) is 1. The first-order valence-electron chi connectivity index (χ1n) is 6.94. The Balaban J connectivity index is 2.06. The number of halogens is 2. The lowest BCUT2D eigenvalue weighted by Crippen LogP contribution is -2.04. The second-order valence-electron chi connectivity index (χ2n) is 4.75. The Hall–Kier alpha value is -3.03. The van der Waals surface area contributed by atoms with Gasteiger partial charge in [0.1, 0.15) is 11.9 Å². The van der Waals surface area contributed by atoms with Crippen molar-refractivity contribution in [2.45, 2.75) is 19.6 Å². The largest absolute Gasteiger partial charge is 0.434 e. The molecule has 6 nitrogen and oxygen atoms in total. The fourth-order valence-electron chi connectivity index (χ4n) is 1.92. The van der Waals surface area contributed by atoms with Gasteiger partial charge in [-0.1, -0.05) is 29.4 Å². The zero-order valence-corrected chi connectivity index (χ0v) is 12.6. The number of para-hydroxylation sites is 1. The minimum absolute atomic E-state index is 0.0251. The summed E-state index contributed by atoms with van der Waals surface area (Å²) >= 11 is 0. The SMILES string of the molecule is CC(O/N=C/c1ccccc1OC(F)F)c1cccc([N+](=O)[O-])c1. The van der Waals surface area contributed by atoms with Crippen molar-refractivity contribution < 1.29 is 23.3 Å². The van der Waals surface area contributed by atoms with Gasteiger partial charge in [-0.2, -0.15) is 8.78 Å². The molecule has 8 heteroatoms. The predicted octanol–water partition coefficient (Wildman–Crippen LogP) is 4.31. The first kappa shape index (κ1) is 17.3. The summed E-state index contributed by atoms with van der Waals surface area (Å²) in [6, 6.07) is 12.1. The number of alkyl halides is 2. The Morgan fingerprint density at radius 3 is 2.67 bits per heavy atom. The van der Waals surface area contributed by atoms with Crippen molar-refractivity contribution in [2.24, 2.45) is 5.16 Å². The summed E-state index contributed by atoms with van der Waals surface area (Å²) in [7, 11) is 0. The Bertz CT molecular complexity index is 738. The molecule has 1 atom stereocenters. The van der Waals surface area contributed by atoms with Crippen LogP contribution < -0.4 is 4.74 Å². The smallest absolute Gasteiger partial charge is 0.387 e. The molecule has 0 aliphatic carbocycles. The molecule has 2 rings (SSSR count). The molecule has 126 valence electrons. The molecule has 2 aromatic rings. The molecule has 2 aromatic carbocycles. The molecule has 0 aliphatic heterocycles. The van der Waals surface area contributed by atoms with Crippen LogP contribution in [0.1, 0.15) is 24.2 Å². The zero-order chi connectivity index (χ0) is 17.5. The lowest BCUT2D eigenvalue weighted by atomic mass is 10.1. The van der Waals surface area contributed by atoms with Gasteiger partial charge < -0.3 is 9.57 Å². The summed E-state index contributed by atoms with van der Waals surface area (Å²) in [6.07, 6.45) is 0.690. The van der Waals surface area contributed by atoms with Crippen molar-refractivity contribution >= 4 is 11.9 Å². The Kier molecular flexibility index (Phi) is 5.78. The highest BCUT2D eigenvalue weighted by Gasteiger charge is 2.12. The molecule has 24 heavy (non-hydrogen) atoms. The molecule has 0 saturated heterocycles. The van der Waals surface area contributed by atoms with Gasteiger partial charge in [0.15, 0.2) is 0 Å². The summed E-state index contributed by atoms with van der Waals surface area (Å²) in [4.78, 5) is 15.5. The number of oxime groups is 1. The number of rotatable bonds is 7. The summed E-state index contributed by atoms with van der Waals surface area (Å²) in [6.45, 7) is -1.28. The van der Waals surface area contributed by atoms with Crippen LogP contribution in [0.25, 0.3) is 0 Å². The van der Waals surface area contributed by atoms with Crippen molar-refractivity contribution in [1.29, 1.82) is 0 Å². The molecule has 0 amide bonds. The van der Waals surface area contributed by atoms with Crippen LogP contribution in [0.5, 0.6) is 5.75 Å². The van der Waals surface area contributed by atoms with E-state index in [0.717, 1.165) is 0 Å². The van der Waals surface area contributed by atoms with E-state index in [1.54, 1.807) is 37.3 Å². The quantitative estimate of drug-likeness (QED) is 0.429. The van der Waals surface area contributed by atoms with Crippen molar-refractivity contribution in [2.75, 3.05) is 0 Å². The van der Waals surface area contributed by atoms with Gasteiger partial charge in [-0.15, -0.1) is 0 Å². The van der Waals surface area contributed by atoms with Crippen molar-refractivity contribution in [3.05, 3.63) is 69.8 Å². The molecule has 0 heterocycles. The third-order valence-electron chi connectivity index (χ3n) is 3.10. The van der Waals surface area contributed by atoms with Crippen LogP contribution in [0.3, 0.4) is 0 Å². The second kappa shape index (κ2) is 8.00. The molecular weight excluding hydrogens is 322 g/mol. The number of benzene rings is 2. The molecular formula is C16H14F2N2O4. The Morgan fingerprint density at radius 2 is 1.96 bits per heavy atom. The highest BCUT2D eigenvalue weighted by molar-refractivity contribution is 5.83. The van der Waals surface area contributed by atoms with Crippen LogP contribution in [0.2, 0.25) is 0 Å². The Labute approximate surface area is 136 Å². The van der Waals surface area contributed by atoms with Crippen LogP contribution in [0.15, 0.2) is 53.7 Å². The van der Waals surface area contributed by atoms with Crippen LogP contribution in [0.4, 0.5) is 14.5 Å². The minimum atomic E-state index is -2.94. The van der Waals surface area contributed by atoms with Gasteiger partial charge in [-0.05, 0) is 19.1 Å². The predicted molar refractivity (Wildman–Crippen MR) is 83.3 cm³/mol. The standard InChI is InChI=1S/C16H14F2N2O4/c1-11(12-6-4-7-14(9-12)20(21)22)24-19-10-13-5-2-3-8-15(13)23-16(17)18/h2-11,16H,1H3/b19-10+. The first-order chi connectivity index (χ1) is 11.5. The third-order valence-corrected chi connectivity index (χ3v) is 3.10. The molecule has 0 bridgehead atoms. The summed E-state index contributed by atoms with van der Waals surface area (Å²) < 4.78 is 29.0. The number of hydrogen-bond donors (Lipinski definition) is 0. The molecule has 0 aromatic heterocycles. The number of non-ortho nitro benzene ring substituents is 1. The number of nitro benzene ring substituents is 1. The Morgan fingerprint density at radius 1 is 1.21 bits per heavy atom. The second-order valence-corrected chi connectivity index (χ2v) is 4.75. The van der Waals surface area contributed by atoms with E-state index in [9.17, 15) is 18.9 Å². The molecule has 0 saturated carbocycles. The van der Waals surface area contributed by atoms with Crippen LogP contribution >= 0.6 is 0 Å². The summed E-state index contributed by atoms with van der Waals surface area (Å²) in [5, 5.41) is 14.5. The lowest BCUT2D eigenvalue weighted by Gasteiger charge is -2.10. The van der Waals surface area contributed by atoms with Gasteiger partial charge in [0.2, 0.25) is 0 Å². The lowest BCUT2D eigenvalue weighted by molar-refractivity contribution is -0.385. The number of hydrogen-bond acceptors (Lipinski definition) is 5. The average molecular weight is 336 g/mol. The van der Waals surface area contributed by atoms with E-state index in [1.807, 2.05) is 0 Å². The summed E-state index contributed by atoms with van der Waals surface area (Å²) in [5.41, 5.74) is 0.838. The van der Waals surface area contributed by atoms with Crippen LogP contribution in [-0.4, -0.2) is 17.7 Å². The average Bonchev–Trinajstić information content (AvgIpc) is 2.56. The van der Waals surface area contributed by atoms with E-state index in [4.69, 9.17) is 4.84 Å². The number of nitrogens with zero attached hydrogens (tertiary/aromatic N) is 2. The maximum absolute atomic E-state index is 12.3. The minimum Gasteiger partial charge on any atom is -0.434 e. The molecule has 0 spiro atoms. The fourth-order valence-corrected chi connectivity index (χ4v) is 1.92. The van der Waals surface area contributed by atoms with Crippen molar-refractivity contribution in [3.63, 3.8) is 0 Å². The molecule has 1 unspecified atom stereocenters. The van der Waals surface area contributed by atoms with E-state index >= 15 is 0 Å². The molecule has 0 fully saturated rings. The maximum Gasteiger partial charge on any atom is 0.387 e. The van der Waals surface area contributed by atoms with E-state index < -0.39 is 17.6 Å². The normalized spacial score (nSPS) is 12.3. The van der Waals surface area contributed by atoms with E-state index in [-0.39, 0.29) is 11.4 Å². The molecule has 0 radical (unpaired) electrons. The monoisotopic (exact) mass is 336 g/mol. The van der Waals surface area contributed by atoms with Crippen molar-refractivity contribution in [3.8, 4) is 5.75 Å². The van der Waals surface area contributed by atoms with Gasteiger partial charge in [-0.25, -0.2) is 0 Å². The van der Waals surface area contributed by atoms with Crippen molar-refractivity contribution in [1.82, 2.24) is 0 Å². The fraction of sp³-hybridized carbons (Fsp3) is 0.188. The molecule has 0 N–H and O–H groups in total. The van der Waals surface area contributed by atoms with Gasteiger partial charge in [0.05, 0.1) is 11.1 Å². The van der Waals surface area contributed by atoms with Gasteiger partial charge >= 0.3 is 6.61 Å². The van der Waals surface area contributed by atoms with Crippen LogP contribution in [-0.2, 0) is 4.84 Å². The molecule has 0 aliphatic rings. The van der Waals surface area contributed by atoms with Gasteiger partial charge in [0, 0.05) is 23.3 Å². The highest BCUT2D eigenvalue weighted by atomic mass is 19.3. The van der Waals surface area contributed by atoms with Gasteiger partial charge in [-0.3, -0.25) is 10.1 Å².